The van der Waals surface area contributed by atoms with Crippen LogP contribution in [0.4, 0.5) is 0 Å². The molecule has 2 N–H and O–H groups in total. The lowest BCUT2D eigenvalue weighted by Gasteiger charge is -2.33. The number of halogens is 1. The number of furan rings is 1. The van der Waals surface area contributed by atoms with Gasteiger partial charge in [0.25, 0.3) is 0 Å². The first kappa shape index (κ1) is 23.5. The van der Waals surface area contributed by atoms with Crippen LogP contribution in [0.1, 0.15) is 23.1 Å². The van der Waals surface area contributed by atoms with Crippen molar-refractivity contribution in [3.63, 3.8) is 0 Å². The molecule has 3 rings (SSSR count). The lowest BCUT2D eigenvalue weighted by atomic mass is 10.1. The molecule has 0 spiro atoms. The predicted octanol–water partition coefficient (Wildman–Crippen LogP) is 2.95. The van der Waals surface area contributed by atoms with Crippen LogP contribution in [0.5, 0.6) is 5.75 Å². The van der Waals surface area contributed by atoms with Gasteiger partial charge in [-0.05, 0) is 25.1 Å². The number of benzene rings is 1. The van der Waals surface area contributed by atoms with Crippen LogP contribution in [0.25, 0.3) is 0 Å². The van der Waals surface area contributed by atoms with E-state index in [9.17, 15) is 0 Å². The lowest BCUT2D eigenvalue weighted by Crippen LogP contribution is -2.46. The molecular weight excluding hydrogens is 483 g/mol. The van der Waals surface area contributed by atoms with E-state index in [4.69, 9.17) is 13.9 Å². The molecule has 8 heteroatoms. The van der Waals surface area contributed by atoms with E-state index in [0.29, 0.717) is 13.1 Å². The average Bonchev–Trinajstić information content (AvgIpc) is 3.17. The summed E-state index contributed by atoms with van der Waals surface area (Å²) < 4.78 is 16.8. The summed E-state index contributed by atoms with van der Waals surface area (Å²) >= 11 is 0. The number of hydrogen-bond acceptors (Lipinski definition) is 5. The summed E-state index contributed by atoms with van der Waals surface area (Å²) in [6.45, 7) is 6.57. The second kappa shape index (κ2) is 12.0. The van der Waals surface area contributed by atoms with Gasteiger partial charge in [-0.25, -0.2) is 0 Å². The normalized spacial score (nSPS) is 16.0. The molecule has 1 aliphatic heterocycles. The highest BCUT2D eigenvalue weighted by atomic mass is 127. The van der Waals surface area contributed by atoms with Crippen LogP contribution in [-0.2, 0) is 11.3 Å². The number of aliphatic imine (C=N–C) groups is 1. The van der Waals surface area contributed by atoms with Crippen molar-refractivity contribution < 1.29 is 13.9 Å². The Balaban J connectivity index is 0.00000300. The smallest absolute Gasteiger partial charge is 0.191 e. The van der Waals surface area contributed by atoms with Crippen LogP contribution in [0.2, 0.25) is 0 Å². The van der Waals surface area contributed by atoms with Gasteiger partial charge < -0.3 is 24.5 Å². The van der Waals surface area contributed by atoms with E-state index < -0.39 is 0 Å². The summed E-state index contributed by atoms with van der Waals surface area (Å²) in [6, 6.07) is 12.2. The molecule has 29 heavy (non-hydrogen) atoms. The number of aryl methyl sites for hydroxylation is 1. The number of rotatable bonds is 7. The van der Waals surface area contributed by atoms with Crippen LogP contribution >= 0.6 is 24.0 Å². The molecule has 0 aliphatic carbocycles. The Labute approximate surface area is 189 Å². The summed E-state index contributed by atoms with van der Waals surface area (Å²) in [5, 5.41) is 6.80. The van der Waals surface area contributed by atoms with E-state index >= 15 is 0 Å². The van der Waals surface area contributed by atoms with Gasteiger partial charge in [-0.15, -0.1) is 24.0 Å². The number of methoxy groups -OCH3 is 1. The summed E-state index contributed by atoms with van der Waals surface area (Å²) in [7, 11) is 3.46. The zero-order valence-corrected chi connectivity index (χ0v) is 19.6. The van der Waals surface area contributed by atoms with Gasteiger partial charge >= 0.3 is 0 Å². The second-order valence-corrected chi connectivity index (χ2v) is 6.73. The first-order chi connectivity index (χ1) is 13.7. The Bertz CT molecular complexity index is 775. The number of guanidine groups is 1. The van der Waals surface area contributed by atoms with Crippen molar-refractivity contribution in [1.29, 1.82) is 0 Å². The molecule has 2 aromatic rings. The molecule has 7 nitrogen and oxygen atoms in total. The molecule has 1 atom stereocenters. The van der Waals surface area contributed by atoms with Crippen LogP contribution in [0.3, 0.4) is 0 Å². The maximum absolute atomic E-state index is 5.93. The highest BCUT2D eigenvalue weighted by molar-refractivity contribution is 14.0. The van der Waals surface area contributed by atoms with E-state index in [1.807, 2.05) is 37.3 Å². The zero-order valence-electron chi connectivity index (χ0n) is 17.3. The van der Waals surface area contributed by atoms with E-state index in [2.05, 4.69) is 26.6 Å². The molecule has 1 aromatic carbocycles. The average molecular weight is 514 g/mol. The first-order valence-electron chi connectivity index (χ1n) is 9.66. The van der Waals surface area contributed by atoms with Gasteiger partial charge in [-0.3, -0.25) is 9.89 Å². The van der Waals surface area contributed by atoms with Gasteiger partial charge in [0, 0.05) is 38.8 Å². The molecule has 0 saturated carbocycles. The lowest BCUT2D eigenvalue weighted by molar-refractivity contribution is 0.0124. The quantitative estimate of drug-likeness (QED) is 0.337. The minimum atomic E-state index is 0. The maximum atomic E-state index is 5.93. The molecule has 1 unspecified atom stereocenters. The number of ether oxygens (including phenoxy) is 2. The van der Waals surface area contributed by atoms with Crippen molar-refractivity contribution in [1.82, 2.24) is 15.5 Å². The minimum Gasteiger partial charge on any atom is -0.496 e. The van der Waals surface area contributed by atoms with Gasteiger partial charge in [-0.2, -0.15) is 0 Å². The SMILES string of the molecule is CN=C(NCc1ccccc1OC)NCC(c1ccc(C)o1)N1CCOCC1.I. The number of hydrogen-bond donors (Lipinski definition) is 2. The monoisotopic (exact) mass is 514 g/mol. The number of nitrogens with zero attached hydrogens (tertiary/aromatic N) is 2. The number of morpholine rings is 1. The van der Waals surface area contributed by atoms with Gasteiger partial charge in [0.1, 0.15) is 17.3 Å². The molecule has 1 fully saturated rings. The largest absolute Gasteiger partial charge is 0.496 e. The first-order valence-corrected chi connectivity index (χ1v) is 9.66. The van der Waals surface area contributed by atoms with Crippen molar-refractivity contribution in [2.75, 3.05) is 47.0 Å². The molecule has 0 amide bonds. The Morgan fingerprint density at radius 3 is 2.59 bits per heavy atom. The number of nitrogens with one attached hydrogen (secondary N) is 2. The van der Waals surface area contributed by atoms with Crippen LogP contribution < -0.4 is 15.4 Å². The predicted molar refractivity (Wildman–Crippen MR) is 125 cm³/mol. The van der Waals surface area contributed by atoms with E-state index in [0.717, 1.165) is 55.1 Å². The molecule has 160 valence electrons. The van der Waals surface area contributed by atoms with Gasteiger partial charge in [-0.1, -0.05) is 18.2 Å². The molecule has 2 heterocycles. The molecule has 1 aromatic heterocycles. The fraction of sp³-hybridized carbons (Fsp3) is 0.476. The molecule has 0 radical (unpaired) electrons. The molecule has 0 bridgehead atoms. The third-order valence-corrected chi connectivity index (χ3v) is 4.90. The van der Waals surface area contributed by atoms with Crippen LogP contribution in [-0.4, -0.2) is 57.9 Å². The fourth-order valence-corrected chi connectivity index (χ4v) is 3.37. The van der Waals surface area contributed by atoms with Crippen molar-refractivity contribution in [3.05, 3.63) is 53.5 Å². The standard InChI is InChI=1S/C21H30N4O3.HI/c1-16-8-9-20(28-16)18(25-10-12-27-13-11-25)15-24-21(22-2)23-14-17-6-4-5-7-19(17)26-3;/h4-9,18H,10-15H2,1-3H3,(H2,22,23,24);1H. The third kappa shape index (κ3) is 6.61. The third-order valence-electron chi connectivity index (χ3n) is 4.90. The van der Waals surface area contributed by atoms with Crippen molar-refractivity contribution in [2.45, 2.75) is 19.5 Å². The summed E-state index contributed by atoms with van der Waals surface area (Å²) in [6.07, 6.45) is 0. The Morgan fingerprint density at radius 2 is 1.93 bits per heavy atom. The maximum Gasteiger partial charge on any atom is 0.191 e. The van der Waals surface area contributed by atoms with Crippen LogP contribution in [0, 0.1) is 6.92 Å². The van der Waals surface area contributed by atoms with E-state index in [1.165, 1.54) is 0 Å². The summed E-state index contributed by atoms with van der Waals surface area (Å²) in [4.78, 5) is 6.75. The zero-order chi connectivity index (χ0) is 19.8. The minimum absolute atomic E-state index is 0. The van der Waals surface area contributed by atoms with E-state index in [1.54, 1.807) is 14.2 Å². The van der Waals surface area contributed by atoms with Gasteiger partial charge in [0.05, 0.1) is 26.4 Å². The highest BCUT2D eigenvalue weighted by Crippen LogP contribution is 2.23. The van der Waals surface area contributed by atoms with Gasteiger partial charge in [0.15, 0.2) is 5.96 Å². The topological polar surface area (TPSA) is 71.3 Å². The number of para-hydroxylation sites is 1. The Hall–Kier alpha value is -1.78. The summed E-state index contributed by atoms with van der Waals surface area (Å²) in [5.74, 6) is 3.49. The van der Waals surface area contributed by atoms with Crippen LogP contribution in [0.15, 0.2) is 45.8 Å². The molecular formula is C21H31IN4O3. The molecule has 1 aliphatic rings. The Kier molecular flexibility index (Phi) is 9.75. The van der Waals surface area contributed by atoms with E-state index in [-0.39, 0.29) is 30.0 Å². The van der Waals surface area contributed by atoms with Crippen molar-refractivity contribution >= 4 is 29.9 Å². The van der Waals surface area contributed by atoms with Crippen molar-refractivity contribution in [2.24, 2.45) is 4.99 Å². The fourth-order valence-electron chi connectivity index (χ4n) is 3.37. The second-order valence-electron chi connectivity index (χ2n) is 6.73. The highest BCUT2D eigenvalue weighted by Gasteiger charge is 2.25. The molecule has 1 saturated heterocycles. The van der Waals surface area contributed by atoms with Crippen molar-refractivity contribution in [3.8, 4) is 5.75 Å². The van der Waals surface area contributed by atoms with Gasteiger partial charge in [0.2, 0.25) is 0 Å². The Morgan fingerprint density at radius 1 is 1.17 bits per heavy atom. The summed E-state index contributed by atoms with van der Waals surface area (Å²) in [5.41, 5.74) is 1.08.